The van der Waals surface area contributed by atoms with Crippen molar-refractivity contribution >= 4 is 28.9 Å². The third-order valence-corrected chi connectivity index (χ3v) is 3.78. The molecule has 0 unspecified atom stereocenters. The van der Waals surface area contributed by atoms with E-state index in [9.17, 15) is 13.6 Å². The lowest BCUT2D eigenvalue weighted by molar-refractivity contribution is -0.116. The summed E-state index contributed by atoms with van der Waals surface area (Å²) in [6.45, 7) is 1.89. The topological polar surface area (TPSA) is 50.4 Å². The van der Waals surface area contributed by atoms with Crippen LogP contribution in [0.3, 0.4) is 0 Å². The monoisotopic (exact) mass is 354 g/mol. The Labute approximate surface area is 143 Å². The number of halogens is 3. The average Bonchev–Trinajstić information content (AvgIpc) is 2.53. The van der Waals surface area contributed by atoms with Crippen LogP contribution in [0.4, 0.5) is 20.2 Å². The van der Waals surface area contributed by atoms with Crippen molar-refractivity contribution < 1.29 is 18.3 Å². The first-order valence-electron chi connectivity index (χ1n) is 7.24. The van der Waals surface area contributed by atoms with Crippen LogP contribution in [0.2, 0.25) is 5.02 Å². The quantitative estimate of drug-likeness (QED) is 0.809. The van der Waals surface area contributed by atoms with Gasteiger partial charge in [0.2, 0.25) is 5.91 Å². The van der Waals surface area contributed by atoms with Gasteiger partial charge >= 0.3 is 0 Å². The fraction of sp³-hybridized carbons (Fsp3) is 0.235. The van der Waals surface area contributed by atoms with Gasteiger partial charge in [-0.05, 0) is 30.7 Å². The van der Waals surface area contributed by atoms with E-state index in [0.29, 0.717) is 16.5 Å². The summed E-state index contributed by atoms with van der Waals surface area (Å²) >= 11 is 6.01. The zero-order valence-electron chi connectivity index (χ0n) is 13.3. The van der Waals surface area contributed by atoms with Crippen LogP contribution >= 0.6 is 11.6 Å². The molecule has 1 amide bonds. The van der Waals surface area contributed by atoms with E-state index in [1.165, 1.54) is 13.2 Å². The Hall–Kier alpha value is -2.34. The SMILES string of the molecule is COc1cc(Cl)c(C)cc1NC(=O)CCNc1c(F)cccc1F. The summed E-state index contributed by atoms with van der Waals surface area (Å²) in [5, 5.41) is 5.81. The van der Waals surface area contributed by atoms with Crippen molar-refractivity contribution in [3.8, 4) is 5.75 Å². The lowest BCUT2D eigenvalue weighted by atomic mass is 10.2. The van der Waals surface area contributed by atoms with Crippen molar-refractivity contribution in [3.05, 3.63) is 52.6 Å². The summed E-state index contributed by atoms with van der Waals surface area (Å²) in [5.74, 6) is -1.29. The van der Waals surface area contributed by atoms with E-state index in [0.717, 1.165) is 17.7 Å². The number of carbonyl (C=O) groups excluding carboxylic acids is 1. The van der Waals surface area contributed by atoms with Gasteiger partial charge in [0.1, 0.15) is 23.1 Å². The Morgan fingerprint density at radius 3 is 2.54 bits per heavy atom. The number of aryl methyl sites for hydroxylation is 1. The van der Waals surface area contributed by atoms with Gasteiger partial charge in [0.05, 0.1) is 12.8 Å². The van der Waals surface area contributed by atoms with Crippen molar-refractivity contribution in [1.29, 1.82) is 0 Å². The van der Waals surface area contributed by atoms with E-state index >= 15 is 0 Å². The number of anilines is 2. The molecule has 0 saturated carbocycles. The first kappa shape index (κ1) is 18.0. The minimum Gasteiger partial charge on any atom is -0.495 e. The molecule has 4 nitrogen and oxygen atoms in total. The Bertz CT molecular complexity index is 733. The summed E-state index contributed by atoms with van der Waals surface area (Å²) in [5.41, 5.74) is 1.03. The van der Waals surface area contributed by atoms with Gasteiger partial charge in [-0.15, -0.1) is 0 Å². The molecular formula is C17H17ClF2N2O2. The van der Waals surface area contributed by atoms with Gasteiger partial charge in [-0.1, -0.05) is 17.7 Å². The maximum atomic E-state index is 13.5. The largest absolute Gasteiger partial charge is 0.495 e. The Kier molecular flexibility index (Phi) is 5.98. The zero-order valence-corrected chi connectivity index (χ0v) is 14.0. The number of para-hydroxylation sites is 1. The smallest absolute Gasteiger partial charge is 0.226 e. The molecule has 2 N–H and O–H groups in total. The number of amides is 1. The lowest BCUT2D eigenvalue weighted by Gasteiger charge is -2.13. The molecule has 128 valence electrons. The van der Waals surface area contributed by atoms with Gasteiger partial charge in [0.15, 0.2) is 0 Å². The fourth-order valence-electron chi connectivity index (χ4n) is 2.11. The fourth-order valence-corrected chi connectivity index (χ4v) is 2.26. The molecule has 0 fully saturated rings. The van der Waals surface area contributed by atoms with Crippen LogP contribution in [0.1, 0.15) is 12.0 Å². The zero-order chi connectivity index (χ0) is 17.7. The van der Waals surface area contributed by atoms with Crippen molar-refractivity contribution in [3.63, 3.8) is 0 Å². The van der Waals surface area contributed by atoms with Crippen LogP contribution in [0.5, 0.6) is 5.75 Å². The van der Waals surface area contributed by atoms with Crippen LogP contribution in [-0.2, 0) is 4.79 Å². The summed E-state index contributed by atoms with van der Waals surface area (Å²) in [7, 11) is 1.47. The molecule has 0 spiro atoms. The highest BCUT2D eigenvalue weighted by atomic mass is 35.5. The molecule has 0 atom stereocenters. The molecular weight excluding hydrogens is 338 g/mol. The second-order valence-corrected chi connectivity index (χ2v) is 5.53. The second-order valence-electron chi connectivity index (χ2n) is 5.12. The van der Waals surface area contributed by atoms with Crippen molar-refractivity contribution in [2.45, 2.75) is 13.3 Å². The first-order valence-corrected chi connectivity index (χ1v) is 7.62. The van der Waals surface area contributed by atoms with E-state index in [1.807, 2.05) is 0 Å². The molecule has 0 aliphatic heterocycles. The van der Waals surface area contributed by atoms with Crippen LogP contribution in [0.15, 0.2) is 30.3 Å². The number of hydrogen-bond donors (Lipinski definition) is 2. The lowest BCUT2D eigenvalue weighted by Crippen LogP contribution is -2.17. The van der Waals surface area contributed by atoms with Crippen LogP contribution in [0, 0.1) is 18.6 Å². The number of rotatable bonds is 6. The standard InChI is InChI=1S/C17H17ClF2N2O2/c1-10-8-14(15(24-2)9-11(10)18)22-16(23)6-7-21-17-12(19)4-3-5-13(17)20/h3-5,8-9,21H,6-7H2,1-2H3,(H,22,23). The van der Waals surface area contributed by atoms with Gasteiger partial charge in [-0.25, -0.2) is 8.78 Å². The van der Waals surface area contributed by atoms with Gasteiger partial charge in [0.25, 0.3) is 0 Å². The minimum atomic E-state index is -0.703. The number of benzene rings is 2. The normalized spacial score (nSPS) is 10.4. The molecule has 24 heavy (non-hydrogen) atoms. The van der Waals surface area contributed by atoms with E-state index in [1.54, 1.807) is 19.1 Å². The predicted octanol–water partition coefficient (Wildman–Crippen LogP) is 4.38. The van der Waals surface area contributed by atoms with Crippen LogP contribution in [0.25, 0.3) is 0 Å². The molecule has 2 aromatic carbocycles. The highest BCUT2D eigenvalue weighted by Crippen LogP contribution is 2.31. The summed E-state index contributed by atoms with van der Waals surface area (Å²) in [6, 6.07) is 6.87. The third-order valence-electron chi connectivity index (χ3n) is 3.37. The van der Waals surface area contributed by atoms with E-state index < -0.39 is 11.6 Å². The maximum absolute atomic E-state index is 13.5. The van der Waals surface area contributed by atoms with Gasteiger partial charge < -0.3 is 15.4 Å². The molecule has 2 aromatic rings. The highest BCUT2D eigenvalue weighted by molar-refractivity contribution is 6.31. The second kappa shape index (κ2) is 7.97. The summed E-state index contributed by atoms with van der Waals surface area (Å²) in [4.78, 5) is 12.0. The van der Waals surface area contributed by atoms with Crippen LogP contribution < -0.4 is 15.4 Å². The van der Waals surface area contributed by atoms with Crippen LogP contribution in [-0.4, -0.2) is 19.6 Å². The molecule has 0 aliphatic rings. The van der Waals surface area contributed by atoms with Gasteiger partial charge in [-0.3, -0.25) is 4.79 Å². The summed E-state index contributed by atoms with van der Waals surface area (Å²) < 4.78 is 32.1. The molecule has 0 saturated heterocycles. The average molecular weight is 355 g/mol. The number of carbonyl (C=O) groups is 1. The molecule has 0 aliphatic carbocycles. The Balaban J connectivity index is 1.96. The van der Waals surface area contributed by atoms with Crippen molar-refractivity contribution in [2.24, 2.45) is 0 Å². The number of nitrogens with one attached hydrogen (secondary N) is 2. The molecule has 2 rings (SSSR count). The minimum absolute atomic E-state index is 0.0264. The number of hydrogen-bond acceptors (Lipinski definition) is 3. The Morgan fingerprint density at radius 1 is 1.25 bits per heavy atom. The molecule has 0 bridgehead atoms. The number of methoxy groups -OCH3 is 1. The first-order chi connectivity index (χ1) is 11.4. The third kappa shape index (κ3) is 4.35. The van der Waals surface area contributed by atoms with E-state index in [-0.39, 0.29) is 24.6 Å². The van der Waals surface area contributed by atoms with Gasteiger partial charge in [-0.2, -0.15) is 0 Å². The number of ether oxygens (including phenoxy) is 1. The molecule has 0 aromatic heterocycles. The van der Waals surface area contributed by atoms with E-state index in [4.69, 9.17) is 16.3 Å². The van der Waals surface area contributed by atoms with E-state index in [2.05, 4.69) is 10.6 Å². The predicted molar refractivity (Wildman–Crippen MR) is 90.8 cm³/mol. The highest BCUT2D eigenvalue weighted by Gasteiger charge is 2.12. The van der Waals surface area contributed by atoms with Crippen molar-refractivity contribution in [1.82, 2.24) is 0 Å². The summed E-state index contributed by atoms with van der Waals surface area (Å²) in [6.07, 6.45) is 0.0264. The van der Waals surface area contributed by atoms with Crippen molar-refractivity contribution in [2.75, 3.05) is 24.3 Å². The van der Waals surface area contributed by atoms with Gasteiger partial charge in [0, 0.05) is 24.1 Å². The molecule has 0 radical (unpaired) electrons. The Morgan fingerprint density at radius 2 is 1.92 bits per heavy atom. The molecule has 0 heterocycles. The maximum Gasteiger partial charge on any atom is 0.226 e. The molecule has 7 heteroatoms.